The normalized spacial score (nSPS) is 20.7. The number of ketones is 1. The number of nitrogens with one attached hydrogen (secondary N) is 1. The first-order valence-electron chi connectivity index (χ1n) is 9.37. The zero-order valence-corrected chi connectivity index (χ0v) is 16.1. The van der Waals surface area contributed by atoms with Gasteiger partial charge in [0.05, 0.1) is 20.5 Å². The van der Waals surface area contributed by atoms with E-state index in [1.807, 2.05) is 30.3 Å². The van der Waals surface area contributed by atoms with Crippen molar-refractivity contribution in [2.75, 3.05) is 19.5 Å². The number of methoxy groups -OCH3 is 2. The van der Waals surface area contributed by atoms with E-state index in [2.05, 4.69) is 15.4 Å². The van der Waals surface area contributed by atoms with Gasteiger partial charge in [0.2, 0.25) is 5.95 Å². The largest absolute Gasteiger partial charge is 0.493 e. The predicted molar refractivity (Wildman–Crippen MR) is 104 cm³/mol. The zero-order chi connectivity index (χ0) is 20.0. The molecule has 2 atom stereocenters. The number of hydrogen-bond donors (Lipinski definition) is 1. The van der Waals surface area contributed by atoms with Crippen LogP contribution in [0.2, 0.25) is 0 Å². The molecule has 1 aliphatic carbocycles. The number of anilines is 1. The lowest BCUT2D eigenvalue weighted by Crippen LogP contribution is -2.33. The van der Waals surface area contributed by atoms with Crippen molar-refractivity contribution in [1.82, 2.24) is 14.8 Å². The summed E-state index contributed by atoms with van der Waals surface area (Å²) in [5, 5.41) is 7.68. The van der Waals surface area contributed by atoms with Crippen molar-refractivity contribution in [1.29, 1.82) is 0 Å². The SMILES string of the molecule is COc1ccc([C@H]2C3=C(C[C@@H](c4ccco4)CC3=O)Nc3ncnn32)cc1OC. The topological polar surface area (TPSA) is 91.4 Å². The molecule has 1 aliphatic heterocycles. The molecule has 5 rings (SSSR count). The highest BCUT2D eigenvalue weighted by atomic mass is 16.5. The zero-order valence-electron chi connectivity index (χ0n) is 16.1. The van der Waals surface area contributed by atoms with Crippen LogP contribution in [0, 0.1) is 0 Å². The number of ether oxygens (including phenoxy) is 2. The van der Waals surface area contributed by atoms with Gasteiger partial charge in [-0.25, -0.2) is 4.68 Å². The van der Waals surface area contributed by atoms with Gasteiger partial charge in [-0.1, -0.05) is 6.07 Å². The Kier molecular flexibility index (Phi) is 4.12. The highest BCUT2D eigenvalue weighted by molar-refractivity contribution is 6.00. The number of nitrogens with zero attached hydrogens (tertiary/aromatic N) is 3. The Morgan fingerprint density at radius 2 is 2.03 bits per heavy atom. The number of rotatable bonds is 4. The number of carbonyl (C=O) groups excluding carboxylic acids is 1. The molecule has 0 saturated carbocycles. The third-order valence-corrected chi connectivity index (χ3v) is 5.53. The van der Waals surface area contributed by atoms with Crippen LogP contribution in [0.25, 0.3) is 0 Å². The van der Waals surface area contributed by atoms with Crippen molar-refractivity contribution < 1.29 is 18.7 Å². The second-order valence-electron chi connectivity index (χ2n) is 7.11. The monoisotopic (exact) mass is 392 g/mol. The quantitative estimate of drug-likeness (QED) is 0.728. The van der Waals surface area contributed by atoms with E-state index in [4.69, 9.17) is 13.9 Å². The Morgan fingerprint density at radius 3 is 2.79 bits per heavy atom. The number of carbonyl (C=O) groups is 1. The average Bonchev–Trinajstić information content (AvgIpc) is 3.43. The summed E-state index contributed by atoms with van der Waals surface area (Å²) in [7, 11) is 3.19. The van der Waals surface area contributed by atoms with Gasteiger partial charge >= 0.3 is 0 Å². The van der Waals surface area contributed by atoms with E-state index in [0.29, 0.717) is 35.9 Å². The molecular weight excluding hydrogens is 372 g/mol. The molecule has 0 amide bonds. The standard InChI is InChI=1S/C21H20N4O4/c1-27-17-6-5-12(10-18(17)28-2)20-19-14(24-21-22-11-23-25(20)21)8-13(9-15(19)26)16-4-3-7-29-16/h3-7,10-11,13,20H,8-9H2,1-2H3,(H,22,23,24)/t13-,20+/m1/s1. The van der Waals surface area contributed by atoms with Crippen LogP contribution in [-0.2, 0) is 4.79 Å². The molecule has 3 heterocycles. The van der Waals surface area contributed by atoms with Gasteiger partial charge in [0.25, 0.3) is 0 Å². The van der Waals surface area contributed by atoms with Crippen LogP contribution in [0.4, 0.5) is 5.95 Å². The molecule has 1 aromatic carbocycles. The number of Topliss-reactive ketones (excluding diaryl/α,β-unsaturated/α-hetero) is 1. The Hall–Kier alpha value is -3.55. The van der Waals surface area contributed by atoms with Crippen LogP contribution in [0.3, 0.4) is 0 Å². The predicted octanol–water partition coefficient (Wildman–Crippen LogP) is 3.30. The van der Waals surface area contributed by atoms with E-state index in [1.165, 1.54) is 6.33 Å². The van der Waals surface area contributed by atoms with Crippen molar-refractivity contribution >= 4 is 11.7 Å². The highest BCUT2D eigenvalue weighted by Gasteiger charge is 2.40. The van der Waals surface area contributed by atoms with E-state index in [9.17, 15) is 4.79 Å². The average molecular weight is 392 g/mol. The fourth-order valence-corrected chi connectivity index (χ4v) is 4.21. The molecule has 0 saturated heterocycles. The van der Waals surface area contributed by atoms with E-state index >= 15 is 0 Å². The van der Waals surface area contributed by atoms with Crippen LogP contribution < -0.4 is 14.8 Å². The number of hydrogen-bond acceptors (Lipinski definition) is 7. The molecular formula is C21H20N4O4. The van der Waals surface area contributed by atoms with Crippen molar-refractivity contribution in [2.24, 2.45) is 0 Å². The molecule has 8 heteroatoms. The minimum atomic E-state index is -0.381. The van der Waals surface area contributed by atoms with Gasteiger partial charge in [-0.3, -0.25) is 4.79 Å². The maximum atomic E-state index is 13.3. The summed E-state index contributed by atoms with van der Waals surface area (Å²) in [5.74, 6) is 2.73. The lowest BCUT2D eigenvalue weighted by Gasteiger charge is -2.34. The van der Waals surface area contributed by atoms with Crippen molar-refractivity contribution in [3.63, 3.8) is 0 Å². The van der Waals surface area contributed by atoms with Crippen LogP contribution in [-0.4, -0.2) is 34.8 Å². The van der Waals surface area contributed by atoms with Gasteiger partial charge in [-0.05, 0) is 36.2 Å². The second kappa shape index (κ2) is 6.80. The lowest BCUT2D eigenvalue weighted by atomic mass is 9.79. The molecule has 148 valence electrons. The summed E-state index contributed by atoms with van der Waals surface area (Å²) in [6.45, 7) is 0. The Morgan fingerprint density at radius 1 is 1.17 bits per heavy atom. The third-order valence-electron chi connectivity index (χ3n) is 5.53. The Balaban J connectivity index is 1.62. The number of aromatic nitrogens is 3. The second-order valence-corrected chi connectivity index (χ2v) is 7.11. The summed E-state index contributed by atoms with van der Waals surface area (Å²) in [4.78, 5) is 17.6. The van der Waals surface area contributed by atoms with Crippen molar-refractivity contribution in [3.05, 3.63) is 65.5 Å². The Bertz CT molecular complexity index is 1100. The van der Waals surface area contributed by atoms with E-state index in [0.717, 1.165) is 17.0 Å². The minimum absolute atomic E-state index is 0.00396. The number of furan rings is 1. The fraction of sp³-hybridized carbons (Fsp3) is 0.286. The number of benzene rings is 1. The van der Waals surface area contributed by atoms with Gasteiger partial charge in [0, 0.05) is 23.6 Å². The maximum absolute atomic E-state index is 13.3. The molecule has 8 nitrogen and oxygen atoms in total. The molecule has 3 aromatic rings. The van der Waals surface area contributed by atoms with Crippen LogP contribution in [0.15, 0.2) is 58.6 Å². The van der Waals surface area contributed by atoms with Gasteiger partial charge in [-0.15, -0.1) is 0 Å². The summed E-state index contributed by atoms with van der Waals surface area (Å²) in [6, 6.07) is 9.04. The Labute approximate surface area is 167 Å². The smallest absolute Gasteiger partial charge is 0.226 e. The maximum Gasteiger partial charge on any atom is 0.226 e. The van der Waals surface area contributed by atoms with Crippen molar-refractivity contribution in [2.45, 2.75) is 24.8 Å². The summed E-state index contributed by atoms with van der Waals surface area (Å²) in [5.41, 5.74) is 2.45. The fourth-order valence-electron chi connectivity index (χ4n) is 4.21. The first-order chi connectivity index (χ1) is 14.2. The van der Waals surface area contributed by atoms with E-state index in [1.54, 1.807) is 25.2 Å². The van der Waals surface area contributed by atoms with Crippen LogP contribution in [0.1, 0.15) is 36.1 Å². The molecule has 29 heavy (non-hydrogen) atoms. The molecule has 2 aromatic heterocycles. The van der Waals surface area contributed by atoms with E-state index in [-0.39, 0.29) is 17.7 Å². The lowest BCUT2D eigenvalue weighted by molar-refractivity contribution is -0.117. The molecule has 0 bridgehead atoms. The first-order valence-corrected chi connectivity index (χ1v) is 9.37. The van der Waals surface area contributed by atoms with Crippen LogP contribution >= 0.6 is 0 Å². The molecule has 2 aliphatic rings. The molecule has 0 spiro atoms. The summed E-state index contributed by atoms with van der Waals surface area (Å²) in [6.07, 6.45) is 4.19. The van der Waals surface area contributed by atoms with E-state index < -0.39 is 0 Å². The van der Waals surface area contributed by atoms with Crippen LogP contribution in [0.5, 0.6) is 11.5 Å². The van der Waals surface area contributed by atoms with Crippen molar-refractivity contribution in [3.8, 4) is 11.5 Å². The molecule has 1 N–H and O–H groups in total. The summed E-state index contributed by atoms with van der Waals surface area (Å²) >= 11 is 0. The van der Waals surface area contributed by atoms with Gasteiger partial charge < -0.3 is 19.2 Å². The van der Waals surface area contributed by atoms with Gasteiger partial charge in [0.15, 0.2) is 17.3 Å². The number of allylic oxidation sites excluding steroid dienone is 2. The third kappa shape index (κ3) is 2.79. The molecule has 0 unspecified atom stereocenters. The van der Waals surface area contributed by atoms with Gasteiger partial charge in [0.1, 0.15) is 18.1 Å². The first kappa shape index (κ1) is 17.5. The molecule has 0 fully saturated rings. The number of fused-ring (bicyclic) bond motifs is 1. The minimum Gasteiger partial charge on any atom is -0.493 e. The molecule has 0 radical (unpaired) electrons. The highest BCUT2D eigenvalue weighted by Crippen LogP contribution is 2.45. The van der Waals surface area contributed by atoms with Gasteiger partial charge in [-0.2, -0.15) is 10.1 Å². The summed E-state index contributed by atoms with van der Waals surface area (Å²) < 4.78 is 18.1.